The minimum absolute atomic E-state index is 0.199. The molecule has 0 unspecified atom stereocenters. The van der Waals surface area contributed by atoms with Crippen LogP contribution in [-0.2, 0) is 25.6 Å². The van der Waals surface area contributed by atoms with E-state index in [0.29, 0.717) is 6.42 Å². The molecule has 3 rings (SSSR count). The molecule has 0 N–H and O–H groups in total. The van der Waals surface area contributed by atoms with E-state index < -0.39 is 20.8 Å². The molecule has 0 atom stereocenters. The summed E-state index contributed by atoms with van der Waals surface area (Å²) in [5, 5.41) is 0. The molecule has 0 bridgehead atoms. The number of hydrogen-bond acceptors (Lipinski definition) is 1. The summed E-state index contributed by atoms with van der Waals surface area (Å²) in [4.78, 5) is 10.7. The molecule has 2 aromatic carbocycles. The summed E-state index contributed by atoms with van der Waals surface area (Å²) in [5.41, 5.74) is 5.04. The molecule has 0 spiro atoms. The SMILES string of the molecule is O=[C-]CC1c2ccccc2-c2ccccc21.[Cl][Zr][Cl]. The normalized spacial score (nSPS) is 11.9. The van der Waals surface area contributed by atoms with E-state index in [9.17, 15) is 4.79 Å². The van der Waals surface area contributed by atoms with E-state index in [1.165, 1.54) is 22.3 Å². The van der Waals surface area contributed by atoms with Crippen molar-refractivity contribution in [3.05, 3.63) is 59.7 Å². The molecule has 1 aliphatic carbocycles. The topological polar surface area (TPSA) is 17.1 Å². The number of benzene rings is 2. The van der Waals surface area contributed by atoms with Gasteiger partial charge in [-0.25, -0.2) is 0 Å². The summed E-state index contributed by atoms with van der Waals surface area (Å²) in [5.74, 6) is 0.199. The van der Waals surface area contributed by atoms with Crippen LogP contribution in [0, 0.1) is 0 Å². The standard InChI is InChI=1S/C15H11O.2ClH.Zr/c16-10-9-15-13-7-3-1-5-11(13)12-6-2-4-8-14(12)15;;;/h1-8,15H,9H2;2*1H;/q-1;;;+2/p-2. The fraction of sp³-hybridized carbons (Fsp3) is 0.133. The Morgan fingerprint density at radius 3 is 1.79 bits per heavy atom. The van der Waals surface area contributed by atoms with Crippen LogP contribution in [0.2, 0.25) is 0 Å². The molecule has 96 valence electrons. The van der Waals surface area contributed by atoms with Crippen LogP contribution in [0.4, 0.5) is 0 Å². The summed E-state index contributed by atoms with van der Waals surface area (Å²) in [6.07, 6.45) is 2.49. The first-order chi connectivity index (χ1) is 9.33. The number of hydrogen-bond donors (Lipinski definition) is 0. The molecule has 0 heterocycles. The van der Waals surface area contributed by atoms with Gasteiger partial charge in [0.2, 0.25) is 0 Å². The van der Waals surface area contributed by atoms with E-state index in [-0.39, 0.29) is 5.92 Å². The Hall–Kier alpha value is -0.427. The first-order valence-electron chi connectivity index (χ1n) is 5.83. The fourth-order valence-electron chi connectivity index (χ4n) is 2.56. The van der Waals surface area contributed by atoms with Crippen LogP contribution in [0.25, 0.3) is 11.1 Å². The Balaban J connectivity index is 0.000000408. The van der Waals surface area contributed by atoms with Crippen molar-refractivity contribution in [3.63, 3.8) is 0 Å². The van der Waals surface area contributed by atoms with E-state index in [4.69, 9.17) is 17.0 Å². The zero-order chi connectivity index (χ0) is 13.7. The minimum atomic E-state index is -0.826. The molecule has 0 aromatic heterocycles. The average Bonchev–Trinajstić information content (AvgIpc) is 2.76. The Bertz CT molecular complexity index is 526. The van der Waals surface area contributed by atoms with Crippen molar-refractivity contribution >= 4 is 23.3 Å². The van der Waals surface area contributed by atoms with E-state index in [1.807, 2.05) is 30.6 Å². The van der Waals surface area contributed by atoms with E-state index in [1.54, 1.807) is 0 Å². The molecule has 0 radical (unpaired) electrons. The zero-order valence-electron chi connectivity index (χ0n) is 10.1. The van der Waals surface area contributed by atoms with Crippen molar-refractivity contribution < 1.29 is 25.6 Å². The van der Waals surface area contributed by atoms with Crippen LogP contribution in [0.1, 0.15) is 23.5 Å². The van der Waals surface area contributed by atoms with Gasteiger partial charge < -0.3 is 4.79 Å². The monoisotopic (exact) mass is 367 g/mol. The maximum absolute atomic E-state index is 10.7. The van der Waals surface area contributed by atoms with Gasteiger partial charge in [-0.3, -0.25) is 6.29 Å². The Morgan fingerprint density at radius 2 is 1.37 bits per heavy atom. The van der Waals surface area contributed by atoms with Gasteiger partial charge in [0.05, 0.1) is 0 Å². The maximum atomic E-state index is 10.7. The van der Waals surface area contributed by atoms with Crippen LogP contribution in [0.15, 0.2) is 48.5 Å². The van der Waals surface area contributed by atoms with Crippen molar-refractivity contribution in [2.45, 2.75) is 12.3 Å². The molecule has 2 aromatic rings. The number of halogens is 2. The fourth-order valence-corrected chi connectivity index (χ4v) is 2.56. The molecular weight excluding hydrogens is 358 g/mol. The second-order valence-corrected chi connectivity index (χ2v) is 7.88. The van der Waals surface area contributed by atoms with Gasteiger partial charge >= 0.3 is 37.9 Å². The molecule has 19 heavy (non-hydrogen) atoms. The molecule has 0 aliphatic heterocycles. The number of carbonyl (C=O) groups excluding carboxylic acids is 1. The van der Waals surface area contributed by atoms with Crippen LogP contribution < -0.4 is 0 Å². The summed E-state index contributed by atoms with van der Waals surface area (Å²) in [6.45, 7) is 0. The van der Waals surface area contributed by atoms with E-state index in [2.05, 4.69) is 24.3 Å². The molecule has 0 amide bonds. The van der Waals surface area contributed by atoms with Gasteiger partial charge in [0, 0.05) is 0 Å². The molecule has 4 heteroatoms. The van der Waals surface area contributed by atoms with Gasteiger partial charge in [-0.1, -0.05) is 48.5 Å². The summed E-state index contributed by atoms with van der Waals surface area (Å²) in [6, 6.07) is 16.6. The summed E-state index contributed by atoms with van der Waals surface area (Å²) < 4.78 is 0. The second-order valence-electron chi connectivity index (χ2n) is 4.15. The Morgan fingerprint density at radius 1 is 0.947 bits per heavy atom. The quantitative estimate of drug-likeness (QED) is 0.703. The van der Waals surface area contributed by atoms with Crippen LogP contribution in [-0.4, -0.2) is 6.29 Å². The number of fused-ring (bicyclic) bond motifs is 3. The van der Waals surface area contributed by atoms with E-state index in [0.717, 1.165) is 0 Å². The van der Waals surface area contributed by atoms with Crippen molar-refractivity contribution in [1.82, 2.24) is 0 Å². The van der Waals surface area contributed by atoms with Crippen LogP contribution >= 0.6 is 17.0 Å². The van der Waals surface area contributed by atoms with Crippen molar-refractivity contribution in [1.29, 1.82) is 0 Å². The molecule has 1 aliphatic rings. The van der Waals surface area contributed by atoms with Gasteiger partial charge in [0.15, 0.2) is 0 Å². The predicted octanol–water partition coefficient (Wildman–Crippen LogP) is 4.68. The summed E-state index contributed by atoms with van der Waals surface area (Å²) >= 11 is -0.826. The molecular formula is C15H11Cl2OZr-. The second kappa shape index (κ2) is 7.38. The molecule has 0 saturated heterocycles. The Labute approximate surface area is 131 Å². The third-order valence-corrected chi connectivity index (χ3v) is 3.25. The molecule has 0 saturated carbocycles. The molecule has 1 nitrogen and oxygen atoms in total. The van der Waals surface area contributed by atoms with Gasteiger partial charge in [0.25, 0.3) is 0 Å². The first-order valence-corrected chi connectivity index (χ1v) is 12.2. The Kier molecular flexibility index (Phi) is 5.82. The summed E-state index contributed by atoms with van der Waals surface area (Å²) in [7, 11) is 9.87. The third-order valence-electron chi connectivity index (χ3n) is 3.25. The van der Waals surface area contributed by atoms with Crippen molar-refractivity contribution in [2.75, 3.05) is 0 Å². The van der Waals surface area contributed by atoms with Crippen LogP contribution in [0.3, 0.4) is 0 Å². The average molecular weight is 369 g/mol. The third kappa shape index (κ3) is 3.19. The predicted molar refractivity (Wildman–Crippen MR) is 75.7 cm³/mol. The number of rotatable bonds is 2. The van der Waals surface area contributed by atoms with Gasteiger partial charge in [-0.05, 0) is 28.2 Å². The van der Waals surface area contributed by atoms with Crippen molar-refractivity contribution in [3.8, 4) is 11.1 Å². The zero-order valence-corrected chi connectivity index (χ0v) is 14.0. The first kappa shape index (κ1) is 15.0. The van der Waals surface area contributed by atoms with Crippen LogP contribution in [0.5, 0.6) is 0 Å². The molecule has 0 fully saturated rings. The van der Waals surface area contributed by atoms with Gasteiger partial charge in [-0.2, -0.15) is 0 Å². The van der Waals surface area contributed by atoms with Gasteiger partial charge in [-0.15, -0.1) is 6.42 Å². The van der Waals surface area contributed by atoms with Crippen molar-refractivity contribution in [2.24, 2.45) is 0 Å². The van der Waals surface area contributed by atoms with E-state index >= 15 is 0 Å². The van der Waals surface area contributed by atoms with Gasteiger partial charge in [0.1, 0.15) is 0 Å².